The fraction of sp³-hybridized carbons (Fsp3) is 0.533. The van der Waals surface area contributed by atoms with Gasteiger partial charge in [0.05, 0.1) is 7.11 Å². The van der Waals surface area contributed by atoms with Gasteiger partial charge in [-0.1, -0.05) is 12.1 Å². The zero-order chi connectivity index (χ0) is 14.5. The van der Waals surface area contributed by atoms with Gasteiger partial charge in [0.1, 0.15) is 11.9 Å². The summed E-state index contributed by atoms with van der Waals surface area (Å²) in [7, 11) is 1.66. The second-order valence-electron chi connectivity index (χ2n) is 5.13. The number of aliphatic hydroxyl groups excluding tert-OH is 1. The van der Waals surface area contributed by atoms with E-state index in [1.807, 2.05) is 12.1 Å². The second kappa shape index (κ2) is 6.72. The number of rotatable bonds is 4. The smallest absolute Gasteiger partial charge is 0.251 e. The van der Waals surface area contributed by atoms with Crippen molar-refractivity contribution in [2.75, 3.05) is 33.3 Å². The van der Waals surface area contributed by atoms with Crippen molar-refractivity contribution in [3.05, 3.63) is 29.8 Å². The van der Waals surface area contributed by atoms with Crippen LogP contribution >= 0.6 is 0 Å². The molecule has 2 rings (SSSR count). The van der Waals surface area contributed by atoms with Gasteiger partial charge in [0.25, 0.3) is 5.91 Å². The molecule has 5 nitrogen and oxygen atoms in total. The van der Waals surface area contributed by atoms with E-state index < -0.39 is 6.10 Å². The molecule has 1 N–H and O–H groups in total. The average Bonchev–Trinajstić information content (AvgIpc) is 2.48. The summed E-state index contributed by atoms with van der Waals surface area (Å²) in [5.41, 5.74) is 1.24. The lowest BCUT2D eigenvalue weighted by Crippen LogP contribution is -2.50. The molecule has 110 valence electrons. The van der Waals surface area contributed by atoms with Crippen LogP contribution in [-0.4, -0.2) is 60.2 Å². The van der Waals surface area contributed by atoms with Crippen LogP contribution in [0.4, 0.5) is 0 Å². The molecule has 1 aliphatic rings. The number of carbonyl (C=O) groups excluding carboxylic acids is 1. The monoisotopic (exact) mass is 278 g/mol. The zero-order valence-corrected chi connectivity index (χ0v) is 12.1. The molecule has 0 saturated carbocycles. The van der Waals surface area contributed by atoms with Crippen molar-refractivity contribution < 1.29 is 14.6 Å². The number of benzene rings is 1. The van der Waals surface area contributed by atoms with Crippen molar-refractivity contribution in [3.63, 3.8) is 0 Å². The quantitative estimate of drug-likeness (QED) is 0.882. The Labute approximate surface area is 119 Å². The molecule has 0 radical (unpaired) electrons. The van der Waals surface area contributed by atoms with Gasteiger partial charge in [0.2, 0.25) is 0 Å². The Balaban J connectivity index is 1.83. The third kappa shape index (κ3) is 3.71. The van der Waals surface area contributed by atoms with E-state index in [1.54, 1.807) is 12.0 Å². The highest BCUT2D eigenvalue weighted by molar-refractivity contribution is 5.80. The van der Waals surface area contributed by atoms with Crippen molar-refractivity contribution in [3.8, 4) is 5.75 Å². The average molecular weight is 278 g/mol. The molecular weight excluding hydrogens is 256 g/mol. The summed E-state index contributed by atoms with van der Waals surface area (Å²) >= 11 is 0. The van der Waals surface area contributed by atoms with Gasteiger partial charge >= 0.3 is 0 Å². The minimum absolute atomic E-state index is 0.172. The molecule has 1 atom stereocenters. The van der Waals surface area contributed by atoms with Crippen LogP contribution in [0.5, 0.6) is 5.75 Å². The molecular formula is C15H22N2O3. The van der Waals surface area contributed by atoms with Gasteiger partial charge in [-0.25, -0.2) is 0 Å². The molecule has 0 aromatic heterocycles. The van der Waals surface area contributed by atoms with Crippen LogP contribution in [0.1, 0.15) is 12.5 Å². The Kier molecular flexibility index (Phi) is 4.98. The van der Waals surface area contributed by atoms with Gasteiger partial charge in [-0.3, -0.25) is 9.69 Å². The lowest BCUT2D eigenvalue weighted by atomic mass is 10.2. The zero-order valence-electron chi connectivity index (χ0n) is 12.1. The molecule has 1 aromatic rings. The van der Waals surface area contributed by atoms with Crippen LogP contribution in [0.25, 0.3) is 0 Å². The number of aliphatic hydroxyl groups is 1. The van der Waals surface area contributed by atoms with Gasteiger partial charge in [-0.2, -0.15) is 0 Å². The number of hydrogen-bond acceptors (Lipinski definition) is 4. The molecule has 1 fully saturated rings. The number of piperazine rings is 1. The van der Waals surface area contributed by atoms with E-state index in [-0.39, 0.29) is 5.91 Å². The fourth-order valence-electron chi connectivity index (χ4n) is 2.38. The van der Waals surface area contributed by atoms with Crippen molar-refractivity contribution in [2.45, 2.75) is 19.6 Å². The lowest BCUT2D eigenvalue weighted by molar-refractivity contribution is -0.141. The standard InChI is InChI=1S/C15H22N2O3/c1-12(18)15(19)17-9-7-16(8-10-17)11-13-3-5-14(20-2)6-4-13/h3-6,12,18H,7-11H2,1-2H3. The summed E-state index contributed by atoms with van der Waals surface area (Å²) < 4.78 is 5.14. The van der Waals surface area contributed by atoms with Crippen molar-refractivity contribution >= 4 is 5.91 Å². The number of amides is 1. The molecule has 1 aromatic carbocycles. The van der Waals surface area contributed by atoms with Crippen LogP contribution < -0.4 is 4.74 Å². The van der Waals surface area contributed by atoms with E-state index in [4.69, 9.17) is 4.74 Å². The summed E-state index contributed by atoms with van der Waals surface area (Å²) in [6.45, 7) is 5.43. The van der Waals surface area contributed by atoms with E-state index in [0.29, 0.717) is 13.1 Å². The third-order valence-electron chi connectivity index (χ3n) is 3.61. The van der Waals surface area contributed by atoms with Crippen LogP contribution in [0.15, 0.2) is 24.3 Å². The first-order valence-electron chi connectivity index (χ1n) is 6.92. The van der Waals surface area contributed by atoms with Gasteiger partial charge in [0.15, 0.2) is 0 Å². The number of nitrogens with zero attached hydrogens (tertiary/aromatic N) is 2. The fourth-order valence-corrected chi connectivity index (χ4v) is 2.38. The van der Waals surface area contributed by atoms with Gasteiger partial charge in [-0.05, 0) is 24.6 Å². The van der Waals surface area contributed by atoms with Crippen LogP contribution in [0.3, 0.4) is 0 Å². The molecule has 1 unspecified atom stereocenters. The topological polar surface area (TPSA) is 53.0 Å². The molecule has 0 spiro atoms. The first-order chi connectivity index (χ1) is 9.60. The van der Waals surface area contributed by atoms with Crippen LogP contribution in [0, 0.1) is 0 Å². The van der Waals surface area contributed by atoms with Crippen LogP contribution in [-0.2, 0) is 11.3 Å². The van der Waals surface area contributed by atoms with Gasteiger partial charge < -0.3 is 14.7 Å². The predicted molar refractivity (Wildman–Crippen MR) is 76.5 cm³/mol. The Morgan fingerprint density at radius 2 is 1.85 bits per heavy atom. The van der Waals surface area contributed by atoms with Crippen molar-refractivity contribution in [1.82, 2.24) is 9.80 Å². The minimum atomic E-state index is -0.900. The third-order valence-corrected chi connectivity index (χ3v) is 3.61. The lowest BCUT2D eigenvalue weighted by Gasteiger charge is -2.35. The number of ether oxygens (including phenoxy) is 1. The number of hydrogen-bond donors (Lipinski definition) is 1. The number of carbonyl (C=O) groups is 1. The van der Waals surface area contributed by atoms with Crippen molar-refractivity contribution in [1.29, 1.82) is 0 Å². The molecule has 1 aliphatic heterocycles. The van der Waals surface area contributed by atoms with Gasteiger partial charge in [-0.15, -0.1) is 0 Å². The molecule has 0 aliphatic carbocycles. The summed E-state index contributed by atoms with van der Waals surface area (Å²) in [5.74, 6) is 0.690. The molecule has 1 saturated heterocycles. The predicted octanol–water partition coefficient (Wildman–Crippen LogP) is 0.720. The van der Waals surface area contributed by atoms with E-state index in [2.05, 4.69) is 17.0 Å². The highest BCUT2D eigenvalue weighted by Gasteiger charge is 2.23. The Morgan fingerprint density at radius 1 is 1.25 bits per heavy atom. The number of methoxy groups -OCH3 is 1. The second-order valence-corrected chi connectivity index (χ2v) is 5.13. The van der Waals surface area contributed by atoms with Gasteiger partial charge in [0, 0.05) is 32.7 Å². The summed E-state index contributed by atoms with van der Waals surface area (Å²) in [6.07, 6.45) is -0.900. The molecule has 20 heavy (non-hydrogen) atoms. The molecule has 0 bridgehead atoms. The highest BCUT2D eigenvalue weighted by Crippen LogP contribution is 2.14. The first-order valence-corrected chi connectivity index (χ1v) is 6.92. The van der Waals surface area contributed by atoms with E-state index in [1.165, 1.54) is 12.5 Å². The summed E-state index contributed by atoms with van der Waals surface area (Å²) in [4.78, 5) is 15.7. The largest absolute Gasteiger partial charge is 0.497 e. The van der Waals surface area contributed by atoms with E-state index >= 15 is 0 Å². The maximum absolute atomic E-state index is 11.7. The summed E-state index contributed by atoms with van der Waals surface area (Å²) in [6, 6.07) is 8.05. The maximum Gasteiger partial charge on any atom is 0.251 e. The van der Waals surface area contributed by atoms with Crippen molar-refractivity contribution in [2.24, 2.45) is 0 Å². The molecule has 1 amide bonds. The molecule has 5 heteroatoms. The van der Waals surface area contributed by atoms with E-state index in [0.717, 1.165) is 25.4 Å². The molecule has 1 heterocycles. The highest BCUT2D eigenvalue weighted by atomic mass is 16.5. The first kappa shape index (κ1) is 14.8. The normalized spacial score (nSPS) is 17.9. The minimum Gasteiger partial charge on any atom is -0.497 e. The maximum atomic E-state index is 11.7. The Morgan fingerprint density at radius 3 is 2.35 bits per heavy atom. The SMILES string of the molecule is COc1ccc(CN2CCN(C(=O)C(C)O)CC2)cc1. The van der Waals surface area contributed by atoms with E-state index in [9.17, 15) is 9.90 Å². The summed E-state index contributed by atoms with van der Waals surface area (Å²) in [5, 5.41) is 9.31. The Hall–Kier alpha value is -1.59. The van der Waals surface area contributed by atoms with Crippen LogP contribution in [0.2, 0.25) is 0 Å². The Bertz CT molecular complexity index is 437.